The first-order valence-corrected chi connectivity index (χ1v) is 5.25. The van der Waals surface area contributed by atoms with E-state index in [1.54, 1.807) is 6.08 Å². The topological polar surface area (TPSA) is 68.1 Å². The first-order valence-electron chi connectivity index (χ1n) is 5.25. The van der Waals surface area contributed by atoms with Crippen molar-refractivity contribution in [3.63, 3.8) is 0 Å². The molecule has 0 aliphatic heterocycles. The highest BCUT2D eigenvalue weighted by Crippen LogP contribution is 2.21. The molecule has 0 aliphatic carbocycles. The number of ether oxygens (including phenoxy) is 1. The molecule has 2 rings (SSSR count). The fourth-order valence-electron chi connectivity index (χ4n) is 1.73. The predicted molar refractivity (Wildman–Crippen MR) is 74.5 cm³/mol. The highest BCUT2D eigenvalue weighted by molar-refractivity contribution is 5.97. The lowest BCUT2D eigenvalue weighted by atomic mass is 10.1. The number of benzene rings is 1. The molecule has 18 heavy (non-hydrogen) atoms. The fraction of sp³-hybridized carbons (Fsp3) is 0.154. The van der Waals surface area contributed by atoms with Crippen molar-refractivity contribution < 1.29 is 9.53 Å². The van der Waals surface area contributed by atoms with Crippen LogP contribution in [0.15, 0.2) is 30.1 Å². The molecule has 1 aromatic carbocycles. The summed E-state index contributed by atoms with van der Waals surface area (Å²) < 4.78 is 4.55. The van der Waals surface area contributed by atoms with Crippen LogP contribution >= 0.6 is 12.4 Å². The van der Waals surface area contributed by atoms with E-state index in [1.165, 1.54) is 12.7 Å². The molecule has 96 valence electrons. The van der Waals surface area contributed by atoms with E-state index in [0.29, 0.717) is 0 Å². The number of fused-ring (bicyclic) bond motifs is 1. The number of rotatable bonds is 2. The minimum Gasteiger partial charge on any atom is -0.464 e. The standard InChI is InChI=1S/C13H14N2O2.ClH/c1-8-3-4-10-9(7-15-12(10)5-8)6-11(14)13(16)17-2;/h3-7,15H,14H2,1-2H3;1H. The van der Waals surface area contributed by atoms with E-state index in [2.05, 4.69) is 9.72 Å². The number of aryl methyl sites for hydroxylation is 1. The number of carbonyl (C=O) groups excluding carboxylic acids is 1. The van der Waals surface area contributed by atoms with Gasteiger partial charge in [0.2, 0.25) is 0 Å². The van der Waals surface area contributed by atoms with E-state index in [9.17, 15) is 4.79 Å². The summed E-state index contributed by atoms with van der Waals surface area (Å²) in [5.41, 5.74) is 8.78. The summed E-state index contributed by atoms with van der Waals surface area (Å²) in [6.45, 7) is 2.03. The van der Waals surface area contributed by atoms with Crippen LogP contribution in [0.1, 0.15) is 11.1 Å². The highest BCUT2D eigenvalue weighted by atomic mass is 35.5. The summed E-state index contributed by atoms with van der Waals surface area (Å²) in [5, 5.41) is 1.03. The smallest absolute Gasteiger partial charge is 0.353 e. The second-order valence-electron chi connectivity index (χ2n) is 3.88. The van der Waals surface area contributed by atoms with Crippen molar-refractivity contribution in [2.45, 2.75) is 6.92 Å². The van der Waals surface area contributed by atoms with Gasteiger partial charge in [-0.2, -0.15) is 0 Å². The van der Waals surface area contributed by atoms with Crippen LogP contribution in [0.25, 0.3) is 17.0 Å². The molecule has 0 bridgehead atoms. The van der Waals surface area contributed by atoms with Crippen molar-refractivity contribution in [3.05, 3.63) is 41.2 Å². The Labute approximate surface area is 111 Å². The zero-order chi connectivity index (χ0) is 12.4. The Hall–Kier alpha value is -1.94. The van der Waals surface area contributed by atoms with Crippen molar-refractivity contribution in [1.29, 1.82) is 0 Å². The normalized spacial score (nSPS) is 11.1. The van der Waals surface area contributed by atoms with Crippen LogP contribution in [-0.4, -0.2) is 18.1 Å². The van der Waals surface area contributed by atoms with Gasteiger partial charge in [-0.15, -0.1) is 12.4 Å². The Balaban J connectivity index is 0.00000162. The highest BCUT2D eigenvalue weighted by Gasteiger charge is 2.07. The van der Waals surface area contributed by atoms with Gasteiger partial charge in [-0.1, -0.05) is 12.1 Å². The summed E-state index contributed by atoms with van der Waals surface area (Å²) in [6.07, 6.45) is 3.43. The monoisotopic (exact) mass is 266 g/mol. The van der Waals surface area contributed by atoms with Crippen molar-refractivity contribution >= 4 is 35.4 Å². The third-order valence-electron chi connectivity index (χ3n) is 2.60. The van der Waals surface area contributed by atoms with Crippen LogP contribution in [-0.2, 0) is 9.53 Å². The molecule has 0 saturated carbocycles. The Bertz CT molecular complexity index is 602. The molecule has 0 radical (unpaired) electrons. The van der Waals surface area contributed by atoms with Crippen LogP contribution in [0.3, 0.4) is 0 Å². The summed E-state index contributed by atoms with van der Waals surface area (Å²) in [5.74, 6) is -0.522. The lowest BCUT2D eigenvalue weighted by Gasteiger charge is -1.98. The van der Waals surface area contributed by atoms with Gasteiger partial charge in [-0.3, -0.25) is 0 Å². The SMILES string of the molecule is COC(=O)C(N)=Cc1c[nH]c2cc(C)ccc12.Cl. The second-order valence-corrected chi connectivity index (χ2v) is 3.88. The predicted octanol–water partition coefficient (Wildman–Crippen LogP) is 2.37. The molecular weight excluding hydrogens is 252 g/mol. The largest absolute Gasteiger partial charge is 0.464 e. The number of hydrogen-bond donors (Lipinski definition) is 2. The molecule has 0 fully saturated rings. The van der Waals surface area contributed by atoms with Gasteiger partial charge in [0.15, 0.2) is 0 Å². The van der Waals surface area contributed by atoms with E-state index in [4.69, 9.17) is 5.73 Å². The Morgan fingerprint density at radius 3 is 2.83 bits per heavy atom. The minimum atomic E-state index is -0.522. The van der Waals surface area contributed by atoms with Gasteiger partial charge in [0.1, 0.15) is 5.70 Å². The van der Waals surface area contributed by atoms with Gasteiger partial charge in [-0.05, 0) is 24.6 Å². The van der Waals surface area contributed by atoms with E-state index in [-0.39, 0.29) is 18.1 Å². The van der Waals surface area contributed by atoms with E-state index >= 15 is 0 Å². The van der Waals surface area contributed by atoms with E-state index in [0.717, 1.165) is 16.5 Å². The van der Waals surface area contributed by atoms with Gasteiger partial charge in [0.25, 0.3) is 0 Å². The number of hydrogen-bond acceptors (Lipinski definition) is 3. The number of esters is 1. The molecule has 5 heteroatoms. The number of aromatic nitrogens is 1. The number of aromatic amines is 1. The third-order valence-corrected chi connectivity index (χ3v) is 2.60. The van der Waals surface area contributed by atoms with Gasteiger partial charge >= 0.3 is 5.97 Å². The maximum absolute atomic E-state index is 11.2. The Morgan fingerprint density at radius 1 is 1.44 bits per heavy atom. The number of nitrogens with two attached hydrogens (primary N) is 1. The molecule has 3 N–H and O–H groups in total. The third kappa shape index (κ3) is 2.65. The summed E-state index contributed by atoms with van der Waals surface area (Å²) in [6, 6.07) is 6.06. The van der Waals surface area contributed by atoms with Crippen molar-refractivity contribution in [2.24, 2.45) is 5.73 Å². The lowest BCUT2D eigenvalue weighted by molar-refractivity contribution is -0.136. The average Bonchev–Trinajstić information content (AvgIpc) is 2.70. The molecule has 0 atom stereocenters. The summed E-state index contributed by atoms with van der Waals surface area (Å²) >= 11 is 0. The molecule has 1 aromatic heterocycles. The fourth-order valence-corrected chi connectivity index (χ4v) is 1.73. The zero-order valence-electron chi connectivity index (χ0n) is 10.2. The number of carbonyl (C=O) groups is 1. The van der Waals surface area contributed by atoms with Crippen molar-refractivity contribution in [3.8, 4) is 0 Å². The summed E-state index contributed by atoms with van der Waals surface area (Å²) in [4.78, 5) is 14.3. The van der Waals surface area contributed by atoms with Gasteiger partial charge in [0, 0.05) is 22.7 Å². The maximum Gasteiger partial charge on any atom is 0.353 e. The number of nitrogens with one attached hydrogen (secondary N) is 1. The molecule has 0 saturated heterocycles. The molecule has 0 unspecified atom stereocenters. The van der Waals surface area contributed by atoms with Gasteiger partial charge < -0.3 is 15.5 Å². The molecule has 2 aromatic rings. The zero-order valence-corrected chi connectivity index (χ0v) is 11.0. The van der Waals surface area contributed by atoms with Gasteiger partial charge in [-0.25, -0.2) is 4.79 Å². The van der Waals surface area contributed by atoms with Gasteiger partial charge in [0.05, 0.1) is 7.11 Å². The molecule has 0 aliphatic rings. The molecule has 0 amide bonds. The Morgan fingerprint density at radius 2 is 2.17 bits per heavy atom. The first-order chi connectivity index (χ1) is 8.11. The summed E-state index contributed by atoms with van der Waals surface area (Å²) in [7, 11) is 1.31. The second kappa shape index (κ2) is 5.60. The lowest BCUT2D eigenvalue weighted by Crippen LogP contribution is -2.12. The van der Waals surface area contributed by atoms with Crippen LogP contribution in [0.4, 0.5) is 0 Å². The number of methoxy groups -OCH3 is 1. The maximum atomic E-state index is 11.2. The van der Waals surface area contributed by atoms with Crippen molar-refractivity contribution in [2.75, 3.05) is 7.11 Å². The van der Waals surface area contributed by atoms with Crippen LogP contribution in [0, 0.1) is 6.92 Å². The minimum absolute atomic E-state index is 0. The molecule has 0 spiro atoms. The van der Waals surface area contributed by atoms with E-state index < -0.39 is 5.97 Å². The quantitative estimate of drug-likeness (QED) is 0.648. The van der Waals surface area contributed by atoms with E-state index in [1.807, 2.05) is 31.3 Å². The van der Waals surface area contributed by atoms with Crippen LogP contribution in [0.5, 0.6) is 0 Å². The number of H-pyrrole nitrogens is 1. The Kier molecular flexibility index (Phi) is 4.39. The van der Waals surface area contributed by atoms with Crippen molar-refractivity contribution in [1.82, 2.24) is 4.98 Å². The molecule has 4 nitrogen and oxygen atoms in total. The first kappa shape index (κ1) is 14.1. The average molecular weight is 267 g/mol. The molecular formula is C13H15ClN2O2. The van der Waals surface area contributed by atoms with Crippen LogP contribution < -0.4 is 5.73 Å². The number of halogens is 1. The van der Waals surface area contributed by atoms with Crippen LogP contribution in [0.2, 0.25) is 0 Å². The molecule has 1 heterocycles.